The van der Waals surface area contributed by atoms with Gasteiger partial charge in [0.2, 0.25) is 0 Å². The predicted octanol–water partition coefficient (Wildman–Crippen LogP) is 5.16. The molecule has 0 aliphatic carbocycles. The molecule has 0 bridgehead atoms. The van der Waals surface area contributed by atoms with Gasteiger partial charge >= 0.3 is 35.8 Å². The molecule has 17 heteroatoms. The normalized spacial score (nSPS) is 14.8. The van der Waals surface area contributed by atoms with Crippen LogP contribution < -0.4 is 0 Å². The zero-order chi connectivity index (χ0) is 23.1. The molecule has 0 aromatic carbocycles. The Morgan fingerprint density at radius 3 is 1.69 bits per heavy atom. The second-order valence-electron chi connectivity index (χ2n) is 5.33. The van der Waals surface area contributed by atoms with E-state index in [2.05, 4.69) is 21.9 Å². The van der Waals surface area contributed by atoms with Gasteiger partial charge in [-0.05, 0) is 12.2 Å². The fourth-order valence-electron chi connectivity index (χ4n) is 1.67. The van der Waals surface area contributed by atoms with Crippen molar-refractivity contribution in [2.24, 2.45) is 0 Å². The van der Waals surface area contributed by atoms with E-state index in [4.69, 9.17) is 0 Å². The molecule has 0 aliphatic rings. The average molecular weight is 474 g/mol. The first-order chi connectivity index (χ1) is 12.7. The highest BCUT2D eigenvalue weighted by Gasteiger charge is 2.90. The van der Waals surface area contributed by atoms with E-state index in [1.807, 2.05) is 0 Å². The van der Waals surface area contributed by atoms with E-state index in [0.29, 0.717) is 0 Å². The van der Waals surface area contributed by atoms with E-state index in [1.165, 1.54) is 0 Å². The van der Waals surface area contributed by atoms with Crippen molar-refractivity contribution in [3.8, 4) is 0 Å². The monoisotopic (exact) mass is 474 g/mol. The molecule has 29 heavy (non-hydrogen) atoms. The maximum atomic E-state index is 13.5. The Balaban J connectivity index is 3.07. The molecule has 0 aliphatic heterocycles. The zero-order valence-electron chi connectivity index (χ0n) is 13.3. The van der Waals surface area contributed by atoms with E-state index in [1.54, 1.807) is 0 Å². The molecule has 1 aromatic rings. The number of imidazole rings is 1. The second-order valence-corrected chi connectivity index (χ2v) is 5.68. The largest absolute Gasteiger partial charge is 0.470 e. The Bertz CT molecular complexity index is 714. The van der Waals surface area contributed by atoms with Crippen LogP contribution in [-0.4, -0.2) is 57.1 Å². The van der Waals surface area contributed by atoms with Crippen LogP contribution >= 0.6 is 12.2 Å². The third-order valence-corrected chi connectivity index (χ3v) is 3.68. The third kappa shape index (κ3) is 4.09. The van der Waals surface area contributed by atoms with E-state index < -0.39 is 54.0 Å². The Kier molecular flexibility index (Phi) is 6.49. The zero-order valence-corrected chi connectivity index (χ0v) is 14.1. The minimum atomic E-state index is -7.92. The lowest BCUT2D eigenvalue weighted by Crippen LogP contribution is -2.70. The molecule has 0 spiro atoms. The van der Waals surface area contributed by atoms with Crippen molar-refractivity contribution in [1.29, 1.82) is 0 Å². The molecule has 0 N–H and O–H groups in total. The van der Waals surface area contributed by atoms with Crippen LogP contribution in [0.15, 0.2) is 18.7 Å². The van der Waals surface area contributed by atoms with Crippen molar-refractivity contribution in [3.63, 3.8) is 0 Å². The van der Waals surface area contributed by atoms with E-state index >= 15 is 0 Å². The van der Waals surface area contributed by atoms with Gasteiger partial charge in [0.25, 0.3) is 5.17 Å². The molecule has 0 radical (unpaired) electrons. The molecular formula is C12H7F13N2OS. The lowest BCUT2D eigenvalue weighted by Gasteiger charge is -2.39. The first-order valence-corrected chi connectivity index (χ1v) is 7.26. The summed E-state index contributed by atoms with van der Waals surface area (Å²) in [6.07, 6.45) is -6.82. The predicted molar refractivity (Wildman–Crippen MR) is 71.6 cm³/mol. The summed E-state index contributed by atoms with van der Waals surface area (Å²) in [6.45, 7) is -1.61. The number of thiocarbonyl (C=S) groups is 1. The summed E-state index contributed by atoms with van der Waals surface area (Å²) < 4.78 is 173. The van der Waals surface area contributed by atoms with E-state index in [-0.39, 0.29) is 0 Å². The Hall–Kier alpha value is -1.81. The summed E-state index contributed by atoms with van der Waals surface area (Å²) in [4.78, 5) is 3.42. The highest BCUT2D eigenvalue weighted by Crippen LogP contribution is 2.60. The van der Waals surface area contributed by atoms with Crippen molar-refractivity contribution < 1.29 is 61.8 Å². The fraction of sp³-hybridized carbons (Fsp3) is 0.667. The average Bonchev–Trinajstić information content (AvgIpc) is 3.07. The molecule has 1 aromatic heterocycles. The van der Waals surface area contributed by atoms with Crippen LogP contribution in [0.3, 0.4) is 0 Å². The molecule has 0 saturated heterocycles. The molecular weight excluding hydrogens is 467 g/mol. The first-order valence-electron chi connectivity index (χ1n) is 6.85. The van der Waals surface area contributed by atoms with Crippen LogP contribution in [0, 0.1) is 0 Å². The minimum absolute atomic E-state index is 0.720. The molecule has 0 saturated carbocycles. The number of alkyl halides is 13. The lowest BCUT2D eigenvalue weighted by molar-refractivity contribution is -0.440. The number of halogens is 13. The van der Waals surface area contributed by atoms with Gasteiger partial charge in [-0.1, -0.05) is 0 Å². The van der Waals surface area contributed by atoms with Gasteiger partial charge in [0.05, 0.1) is 13.0 Å². The molecule has 1 heterocycles. The minimum Gasteiger partial charge on any atom is -0.470 e. The van der Waals surface area contributed by atoms with Gasteiger partial charge < -0.3 is 4.74 Å². The van der Waals surface area contributed by atoms with Gasteiger partial charge in [-0.3, -0.25) is 4.57 Å². The van der Waals surface area contributed by atoms with Crippen LogP contribution in [0.5, 0.6) is 0 Å². The van der Waals surface area contributed by atoms with Crippen LogP contribution in [0.25, 0.3) is 0 Å². The van der Waals surface area contributed by atoms with Gasteiger partial charge in [0.15, 0.2) is 0 Å². The first kappa shape index (κ1) is 25.2. The lowest BCUT2D eigenvalue weighted by atomic mass is 9.93. The fourth-order valence-corrected chi connectivity index (χ4v) is 1.86. The molecule has 0 atom stereocenters. The smallest absolute Gasteiger partial charge is 0.460 e. The van der Waals surface area contributed by atoms with Gasteiger partial charge in [-0.2, -0.15) is 57.1 Å². The van der Waals surface area contributed by atoms with Crippen molar-refractivity contribution in [1.82, 2.24) is 9.55 Å². The van der Waals surface area contributed by atoms with Crippen LogP contribution in [0.4, 0.5) is 57.1 Å². The standard InChI is InChI=1S/C12H7F13N2OS/c13-7(14,1-4-28-6(29)27-3-2-26-5-27)8(15,16)9(17,18)10(19,20)11(21,22)12(23,24)25/h2-3,5H,1,4H2. The molecule has 0 amide bonds. The number of ether oxygens (including phenoxy) is 1. The summed E-state index contributed by atoms with van der Waals surface area (Å²) in [5, 5.41) is -0.720. The van der Waals surface area contributed by atoms with Gasteiger partial charge in [0.1, 0.15) is 6.33 Å². The maximum absolute atomic E-state index is 13.5. The van der Waals surface area contributed by atoms with Crippen molar-refractivity contribution in [2.45, 2.75) is 42.2 Å². The van der Waals surface area contributed by atoms with Crippen LogP contribution in [-0.2, 0) is 4.74 Å². The topological polar surface area (TPSA) is 27.1 Å². The summed E-state index contributed by atoms with van der Waals surface area (Å²) in [5.41, 5.74) is 0. The number of hydrogen-bond acceptors (Lipinski definition) is 3. The maximum Gasteiger partial charge on any atom is 0.460 e. The highest BCUT2D eigenvalue weighted by molar-refractivity contribution is 7.80. The second kappa shape index (κ2) is 7.46. The number of aromatic nitrogens is 2. The summed E-state index contributed by atoms with van der Waals surface area (Å²) >= 11 is 4.45. The summed E-state index contributed by atoms with van der Waals surface area (Å²) in [7, 11) is 0. The summed E-state index contributed by atoms with van der Waals surface area (Å²) in [5.74, 6) is -37.0. The van der Waals surface area contributed by atoms with Crippen molar-refractivity contribution in [3.05, 3.63) is 18.7 Å². The van der Waals surface area contributed by atoms with Gasteiger partial charge in [-0.25, -0.2) is 4.98 Å². The quantitative estimate of drug-likeness (QED) is 0.404. The van der Waals surface area contributed by atoms with E-state index in [9.17, 15) is 57.1 Å². The van der Waals surface area contributed by atoms with Crippen LogP contribution in [0.2, 0.25) is 0 Å². The number of rotatable bonds is 7. The number of nitrogens with zero attached hydrogens (tertiary/aromatic N) is 2. The Morgan fingerprint density at radius 2 is 1.28 bits per heavy atom. The summed E-state index contributed by atoms with van der Waals surface area (Å²) in [6, 6.07) is 0. The number of hydrogen-bond donors (Lipinski definition) is 0. The molecule has 168 valence electrons. The van der Waals surface area contributed by atoms with Crippen LogP contribution in [0.1, 0.15) is 6.42 Å². The highest BCUT2D eigenvalue weighted by atomic mass is 32.1. The SMILES string of the molecule is FC(F)(F)C(F)(F)C(F)(F)C(F)(F)C(F)(F)C(F)(F)CCOC(=S)n1ccnc1. The molecule has 3 nitrogen and oxygen atoms in total. The molecule has 1 rings (SSSR count). The van der Waals surface area contributed by atoms with Gasteiger partial charge in [-0.15, -0.1) is 0 Å². The van der Waals surface area contributed by atoms with Crippen molar-refractivity contribution in [2.75, 3.05) is 6.61 Å². The molecule has 0 fully saturated rings. The van der Waals surface area contributed by atoms with E-state index in [0.717, 1.165) is 23.3 Å². The van der Waals surface area contributed by atoms with Crippen molar-refractivity contribution >= 4 is 17.4 Å². The third-order valence-electron chi connectivity index (χ3n) is 3.36. The Labute approximate surface area is 157 Å². The van der Waals surface area contributed by atoms with Gasteiger partial charge in [0, 0.05) is 12.4 Å². The molecule has 0 unspecified atom stereocenters. The Morgan fingerprint density at radius 1 is 0.793 bits per heavy atom.